The molecule has 4 nitrogen and oxygen atoms in total. The van der Waals surface area contributed by atoms with Crippen LogP contribution in [0.25, 0.3) is 0 Å². The third-order valence-corrected chi connectivity index (χ3v) is 4.50. The zero-order valence-corrected chi connectivity index (χ0v) is 11.6. The van der Waals surface area contributed by atoms with Gasteiger partial charge in [-0.1, -0.05) is 18.9 Å². The number of hydrogen-bond acceptors (Lipinski definition) is 5. The average molecular weight is 274 g/mol. The van der Waals surface area contributed by atoms with E-state index in [1.165, 1.54) is 30.6 Å². The third-order valence-electron chi connectivity index (χ3n) is 3.63. The van der Waals surface area contributed by atoms with Crippen LogP contribution in [0.4, 0.5) is 5.82 Å². The highest BCUT2D eigenvalue weighted by Crippen LogP contribution is 2.33. The topological polar surface area (TPSA) is 63.8 Å². The van der Waals surface area contributed by atoms with Crippen LogP contribution in [0.2, 0.25) is 0 Å². The SMILES string of the molecule is NNc1cc(C2CCCC2)nc(Cc2cccs2)n1. The maximum Gasteiger partial charge on any atom is 0.143 e. The van der Waals surface area contributed by atoms with E-state index in [4.69, 9.17) is 10.8 Å². The first-order chi connectivity index (χ1) is 9.35. The van der Waals surface area contributed by atoms with Crippen LogP contribution in [-0.2, 0) is 6.42 Å². The Balaban J connectivity index is 1.88. The van der Waals surface area contributed by atoms with Crippen LogP contribution in [0.1, 0.15) is 48.0 Å². The minimum Gasteiger partial charge on any atom is -0.308 e. The van der Waals surface area contributed by atoms with Gasteiger partial charge in [0.25, 0.3) is 0 Å². The van der Waals surface area contributed by atoms with E-state index in [9.17, 15) is 0 Å². The van der Waals surface area contributed by atoms with Gasteiger partial charge in [0.15, 0.2) is 0 Å². The second-order valence-corrected chi connectivity index (χ2v) is 6.01. The molecule has 3 N–H and O–H groups in total. The van der Waals surface area contributed by atoms with Gasteiger partial charge in [0, 0.05) is 29.0 Å². The largest absolute Gasteiger partial charge is 0.308 e. The first-order valence-electron chi connectivity index (χ1n) is 6.72. The van der Waals surface area contributed by atoms with Crippen LogP contribution in [0.15, 0.2) is 23.6 Å². The number of nitrogens with two attached hydrogens (primary N) is 1. The Morgan fingerprint density at radius 2 is 2.16 bits per heavy atom. The van der Waals surface area contributed by atoms with Crippen molar-refractivity contribution in [2.45, 2.75) is 38.0 Å². The van der Waals surface area contributed by atoms with Crippen LogP contribution >= 0.6 is 11.3 Å². The lowest BCUT2D eigenvalue weighted by atomic mass is 10.0. The summed E-state index contributed by atoms with van der Waals surface area (Å²) in [6.45, 7) is 0. The fraction of sp³-hybridized carbons (Fsp3) is 0.429. The van der Waals surface area contributed by atoms with E-state index >= 15 is 0 Å². The predicted octanol–water partition coefficient (Wildman–Crippen LogP) is 3.07. The van der Waals surface area contributed by atoms with Gasteiger partial charge >= 0.3 is 0 Å². The highest BCUT2D eigenvalue weighted by molar-refractivity contribution is 7.09. The molecule has 0 unspecified atom stereocenters. The summed E-state index contributed by atoms with van der Waals surface area (Å²) in [6.07, 6.45) is 5.87. The molecular weight excluding hydrogens is 256 g/mol. The van der Waals surface area contributed by atoms with Gasteiger partial charge < -0.3 is 5.43 Å². The molecule has 100 valence electrons. The van der Waals surface area contributed by atoms with Crippen molar-refractivity contribution in [3.05, 3.63) is 40.0 Å². The van der Waals surface area contributed by atoms with E-state index in [-0.39, 0.29) is 0 Å². The van der Waals surface area contributed by atoms with Crippen LogP contribution in [0.3, 0.4) is 0 Å². The molecule has 1 aliphatic carbocycles. The van der Waals surface area contributed by atoms with Gasteiger partial charge in [-0.2, -0.15) is 0 Å². The standard InChI is InChI=1S/C14H18N4S/c15-18-14-9-12(10-4-1-2-5-10)16-13(17-14)8-11-6-3-7-19-11/h3,6-7,9-10H,1-2,4-5,8,15H2,(H,16,17,18). The van der Waals surface area contributed by atoms with Crippen molar-refractivity contribution < 1.29 is 0 Å². The molecular formula is C14H18N4S. The normalized spacial score (nSPS) is 15.8. The van der Waals surface area contributed by atoms with Crippen LogP contribution in [0.5, 0.6) is 0 Å². The van der Waals surface area contributed by atoms with Crippen molar-refractivity contribution in [2.75, 3.05) is 5.43 Å². The molecule has 0 atom stereocenters. The van der Waals surface area contributed by atoms with E-state index in [2.05, 4.69) is 27.9 Å². The predicted molar refractivity (Wildman–Crippen MR) is 78.2 cm³/mol. The number of hydrogen-bond donors (Lipinski definition) is 2. The summed E-state index contributed by atoms with van der Waals surface area (Å²) >= 11 is 1.74. The van der Waals surface area contributed by atoms with E-state index in [0.717, 1.165) is 23.8 Å². The highest BCUT2D eigenvalue weighted by atomic mass is 32.1. The lowest BCUT2D eigenvalue weighted by Crippen LogP contribution is -2.12. The zero-order chi connectivity index (χ0) is 13.1. The Morgan fingerprint density at radius 1 is 1.32 bits per heavy atom. The molecule has 3 rings (SSSR count). The number of nitrogens with zero attached hydrogens (tertiary/aromatic N) is 2. The van der Waals surface area contributed by atoms with E-state index in [0.29, 0.717) is 5.92 Å². The molecule has 0 spiro atoms. The lowest BCUT2D eigenvalue weighted by Gasteiger charge is -2.12. The zero-order valence-electron chi connectivity index (χ0n) is 10.8. The van der Waals surface area contributed by atoms with Gasteiger partial charge in [-0.3, -0.25) is 0 Å². The molecule has 1 fully saturated rings. The summed E-state index contributed by atoms with van der Waals surface area (Å²) in [5.41, 5.74) is 3.81. The van der Waals surface area contributed by atoms with Crippen molar-refractivity contribution in [3.8, 4) is 0 Å². The van der Waals surface area contributed by atoms with Gasteiger partial charge in [-0.05, 0) is 24.3 Å². The second kappa shape index (κ2) is 5.67. The van der Waals surface area contributed by atoms with Crippen molar-refractivity contribution in [1.29, 1.82) is 0 Å². The molecule has 19 heavy (non-hydrogen) atoms. The van der Waals surface area contributed by atoms with Crippen molar-refractivity contribution >= 4 is 17.2 Å². The Labute approximate surface area is 117 Å². The Bertz CT molecular complexity index is 532. The second-order valence-electron chi connectivity index (χ2n) is 4.98. The molecule has 2 aromatic rings. The molecule has 2 aromatic heterocycles. The molecule has 0 aliphatic heterocycles. The average Bonchev–Trinajstić information content (AvgIpc) is 3.11. The van der Waals surface area contributed by atoms with Gasteiger partial charge in [-0.25, -0.2) is 15.8 Å². The number of nitrogen functional groups attached to an aromatic ring is 1. The van der Waals surface area contributed by atoms with Crippen LogP contribution in [0, 0.1) is 0 Å². The monoisotopic (exact) mass is 274 g/mol. The molecule has 0 aromatic carbocycles. The minimum atomic E-state index is 0.581. The number of anilines is 1. The molecule has 0 amide bonds. The van der Waals surface area contributed by atoms with Crippen molar-refractivity contribution in [1.82, 2.24) is 9.97 Å². The molecule has 1 aliphatic rings. The smallest absolute Gasteiger partial charge is 0.143 e. The first-order valence-corrected chi connectivity index (χ1v) is 7.60. The fourth-order valence-corrected chi connectivity index (χ4v) is 3.37. The van der Waals surface area contributed by atoms with Gasteiger partial charge in [0.05, 0.1) is 0 Å². The van der Waals surface area contributed by atoms with Gasteiger partial charge in [-0.15, -0.1) is 11.3 Å². The van der Waals surface area contributed by atoms with E-state index < -0.39 is 0 Å². The maximum atomic E-state index is 5.52. The van der Waals surface area contributed by atoms with E-state index in [1.54, 1.807) is 11.3 Å². The maximum absolute atomic E-state index is 5.52. The highest BCUT2D eigenvalue weighted by Gasteiger charge is 2.20. The molecule has 0 saturated heterocycles. The summed E-state index contributed by atoms with van der Waals surface area (Å²) in [7, 11) is 0. The molecule has 0 radical (unpaired) electrons. The Hall–Kier alpha value is -1.46. The summed E-state index contributed by atoms with van der Waals surface area (Å²) in [5.74, 6) is 7.69. The Morgan fingerprint density at radius 3 is 2.84 bits per heavy atom. The van der Waals surface area contributed by atoms with Crippen LogP contribution < -0.4 is 11.3 Å². The van der Waals surface area contributed by atoms with Crippen molar-refractivity contribution in [2.24, 2.45) is 5.84 Å². The Kier molecular flexibility index (Phi) is 3.75. The molecule has 2 heterocycles. The van der Waals surface area contributed by atoms with Gasteiger partial charge in [0.2, 0.25) is 0 Å². The fourth-order valence-electron chi connectivity index (χ4n) is 2.67. The van der Waals surface area contributed by atoms with Crippen molar-refractivity contribution in [3.63, 3.8) is 0 Å². The third kappa shape index (κ3) is 2.93. The quantitative estimate of drug-likeness (QED) is 0.664. The number of hydrazine groups is 1. The molecule has 0 bridgehead atoms. The number of rotatable bonds is 4. The molecule has 5 heteroatoms. The number of nitrogens with one attached hydrogen (secondary N) is 1. The van der Waals surface area contributed by atoms with Crippen LogP contribution in [-0.4, -0.2) is 9.97 Å². The summed E-state index contributed by atoms with van der Waals surface area (Å²) in [5, 5.41) is 2.08. The lowest BCUT2D eigenvalue weighted by molar-refractivity contribution is 0.687. The summed E-state index contributed by atoms with van der Waals surface area (Å²) < 4.78 is 0. The molecule has 1 saturated carbocycles. The summed E-state index contributed by atoms with van der Waals surface area (Å²) in [6, 6.07) is 6.17. The first kappa shape index (κ1) is 12.6. The minimum absolute atomic E-state index is 0.581. The number of thiophene rings is 1. The van der Waals surface area contributed by atoms with E-state index in [1.807, 2.05) is 6.07 Å². The number of aromatic nitrogens is 2. The van der Waals surface area contributed by atoms with Gasteiger partial charge in [0.1, 0.15) is 11.6 Å². The summed E-state index contributed by atoms with van der Waals surface area (Å²) in [4.78, 5) is 10.5.